The number of rotatable bonds is 5. The number of fused-ring (bicyclic) bond motifs is 1. The fraction of sp³-hybridized carbons (Fsp3) is 0.182. The van der Waals surface area contributed by atoms with E-state index in [9.17, 15) is 24.5 Å². The fourth-order valence-electron chi connectivity index (χ4n) is 1.75. The van der Waals surface area contributed by atoms with Crippen LogP contribution in [0.1, 0.15) is 5.56 Å². The van der Waals surface area contributed by atoms with Crippen LogP contribution in [0, 0.1) is 10.1 Å². The topological polar surface area (TPSA) is 155 Å². The second kappa shape index (κ2) is 5.54. The molecule has 0 spiro atoms. The number of nitrogens with zero attached hydrogens (tertiary/aromatic N) is 1. The predicted octanol–water partition coefficient (Wildman–Crippen LogP) is -0.274. The van der Waals surface area contributed by atoms with Crippen molar-refractivity contribution in [3.05, 3.63) is 48.5 Å². The number of nitrogens with one attached hydrogen (secondary N) is 2. The number of aliphatic carboxylic acids is 1. The van der Waals surface area contributed by atoms with Crippen LogP contribution in [0.15, 0.2) is 21.7 Å². The van der Waals surface area contributed by atoms with Gasteiger partial charge in [0.15, 0.2) is 0 Å². The Balaban J connectivity index is 2.56. The van der Waals surface area contributed by atoms with Crippen LogP contribution in [-0.2, 0) is 16.1 Å². The van der Waals surface area contributed by atoms with Gasteiger partial charge in [0.25, 0.3) is 5.69 Å². The molecule has 1 heterocycles. The summed E-state index contributed by atoms with van der Waals surface area (Å²) in [4.78, 5) is 47.6. The molecule has 0 saturated carbocycles. The standard InChI is InChI=1S/C11H9N3O7/c15-8(16)4-21-3-5-1-6(14(19)20)2-7-9(5)13-11(18)10(17)12-7/h1-2H,3-4H2,(H,12,17)(H,13,18)(H,15,16). The summed E-state index contributed by atoms with van der Waals surface area (Å²) >= 11 is 0. The van der Waals surface area contributed by atoms with Crippen molar-refractivity contribution in [3.63, 3.8) is 0 Å². The minimum absolute atomic E-state index is 0.0581. The number of hydrogen-bond acceptors (Lipinski definition) is 6. The highest BCUT2D eigenvalue weighted by Crippen LogP contribution is 2.22. The quantitative estimate of drug-likeness (QED) is 0.389. The molecular weight excluding hydrogens is 286 g/mol. The van der Waals surface area contributed by atoms with Gasteiger partial charge in [-0.1, -0.05) is 0 Å². The Hall–Kier alpha value is -3.01. The molecule has 0 aliphatic rings. The highest BCUT2D eigenvalue weighted by atomic mass is 16.6. The van der Waals surface area contributed by atoms with E-state index in [1.807, 2.05) is 0 Å². The van der Waals surface area contributed by atoms with Crippen molar-refractivity contribution in [1.82, 2.24) is 9.97 Å². The van der Waals surface area contributed by atoms with Crippen molar-refractivity contribution >= 4 is 22.7 Å². The first-order valence-electron chi connectivity index (χ1n) is 5.61. The fourth-order valence-corrected chi connectivity index (χ4v) is 1.75. The summed E-state index contributed by atoms with van der Waals surface area (Å²) in [5.41, 5.74) is -1.79. The van der Waals surface area contributed by atoms with Gasteiger partial charge in [-0.3, -0.25) is 19.7 Å². The van der Waals surface area contributed by atoms with Gasteiger partial charge in [0.05, 0.1) is 22.6 Å². The summed E-state index contributed by atoms with van der Waals surface area (Å²) in [5.74, 6) is -1.20. The minimum Gasteiger partial charge on any atom is -0.480 e. The number of non-ortho nitro benzene ring substituents is 1. The van der Waals surface area contributed by atoms with Crippen molar-refractivity contribution < 1.29 is 19.6 Å². The third kappa shape index (κ3) is 3.12. The van der Waals surface area contributed by atoms with Crippen molar-refractivity contribution in [3.8, 4) is 0 Å². The molecule has 2 aromatic rings. The average molecular weight is 295 g/mol. The van der Waals surface area contributed by atoms with Gasteiger partial charge in [-0.15, -0.1) is 0 Å². The van der Waals surface area contributed by atoms with Crippen LogP contribution in [0.2, 0.25) is 0 Å². The molecule has 0 aliphatic carbocycles. The van der Waals surface area contributed by atoms with E-state index >= 15 is 0 Å². The van der Waals surface area contributed by atoms with Crippen LogP contribution in [-0.4, -0.2) is 32.6 Å². The highest BCUT2D eigenvalue weighted by Gasteiger charge is 2.14. The Morgan fingerprint density at radius 1 is 1.29 bits per heavy atom. The zero-order valence-electron chi connectivity index (χ0n) is 10.4. The molecular formula is C11H9N3O7. The maximum atomic E-state index is 11.3. The highest BCUT2D eigenvalue weighted by molar-refractivity contribution is 5.80. The average Bonchev–Trinajstić information content (AvgIpc) is 2.39. The largest absolute Gasteiger partial charge is 0.480 e. The molecule has 2 rings (SSSR count). The Morgan fingerprint density at radius 3 is 2.57 bits per heavy atom. The molecule has 0 aliphatic heterocycles. The number of H-pyrrole nitrogens is 2. The summed E-state index contributed by atoms with van der Waals surface area (Å²) in [6.45, 7) is -0.871. The molecule has 0 unspecified atom stereocenters. The number of nitro groups is 1. The lowest BCUT2D eigenvalue weighted by Crippen LogP contribution is -2.29. The molecule has 0 amide bonds. The van der Waals surface area contributed by atoms with Crippen molar-refractivity contribution in [1.29, 1.82) is 0 Å². The van der Waals surface area contributed by atoms with E-state index < -0.39 is 28.6 Å². The summed E-state index contributed by atoms with van der Waals surface area (Å²) in [6, 6.07) is 2.23. The molecule has 0 bridgehead atoms. The summed E-state index contributed by atoms with van der Waals surface area (Å²) in [6.07, 6.45) is 0. The Morgan fingerprint density at radius 2 is 1.95 bits per heavy atom. The first kappa shape index (κ1) is 14.4. The molecule has 1 aromatic carbocycles. The lowest BCUT2D eigenvalue weighted by Gasteiger charge is -2.06. The van der Waals surface area contributed by atoms with Gasteiger partial charge in [-0.25, -0.2) is 4.79 Å². The molecule has 0 radical (unpaired) electrons. The van der Waals surface area contributed by atoms with Gasteiger partial charge in [-0.2, -0.15) is 0 Å². The SMILES string of the molecule is O=C(O)COCc1cc([N+](=O)[O-])cc2[nH]c(=O)c(=O)[nH]c12. The monoisotopic (exact) mass is 295 g/mol. The Labute approximate surface area is 115 Å². The molecule has 3 N–H and O–H groups in total. The lowest BCUT2D eigenvalue weighted by atomic mass is 10.1. The van der Waals surface area contributed by atoms with Gasteiger partial charge < -0.3 is 19.8 Å². The van der Waals surface area contributed by atoms with Crippen LogP contribution in [0.25, 0.3) is 11.0 Å². The van der Waals surface area contributed by atoms with E-state index in [4.69, 9.17) is 9.84 Å². The smallest absolute Gasteiger partial charge is 0.329 e. The third-order valence-corrected chi connectivity index (χ3v) is 2.59. The van der Waals surface area contributed by atoms with Crippen molar-refractivity contribution in [2.45, 2.75) is 6.61 Å². The van der Waals surface area contributed by atoms with Gasteiger partial charge >= 0.3 is 17.1 Å². The number of aromatic amines is 2. The van der Waals surface area contributed by atoms with Crippen molar-refractivity contribution in [2.75, 3.05) is 6.61 Å². The van der Waals surface area contributed by atoms with Gasteiger partial charge in [0.1, 0.15) is 6.61 Å². The summed E-state index contributed by atoms with van der Waals surface area (Å²) in [7, 11) is 0. The zero-order valence-corrected chi connectivity index (χ0v) is 10.4. The second-order valence-corrected chi connectivity index (χ2v) is 4.08. The molecule has 0 atom stereocenters. The maximum Gasteiger partial charge on any atom is 0.329 e. The van der Waals surface area contributed by atoms with E-state index in [1.165, 1.54) is 0 Å². The number of aromatic nitrogens is 2. The van der Waals surface area contributed by atoms with Crippen LogP contribution in [0.5, 0.6) is 0 Å². The van der Waals surface area contributed by atoms with Crippen LogP contribution in [0.3, 0.4) is 0 Å². The number of carboxylic acid groups (broad SMARTS) is 1. The lowest BCUT2D eigenvalue weighted by molar-refractivity contribution is -0.384. The van der Waals surface area contributed by atoms with Gasteiger partial charge in [-0.05, 0) is 0 Å². The Kier molecular flexibility index (Phi) is 3.80. The number of carbonyl (C=O) groups is 1. The number of carboxylic acids is 1. The maximum absolute atomic E-state index is 11.3. The van der Waals surface area contributed by atoms with E-state index in [-0.39, 0.29) is 28.9 Å². The van der Waals surface area contributed by atoms with Crippen LogP contribution < -0.4 is 11.1 Å². The summed E-state index contributed by atoms with van der Waals surface area (Å²) < 4.78 is 4.86. The van der Waals surface area contributed by atoms with E-state index in [1.54, 1.807) is 0 Å². The summed E-state index contributed by atoms with van der Waals surface area (Å²) in [5, 5.41) is 19.3. The second-order valence-electron chi connectivity index (χ2n) is 4.08. The molecule has 1 aromatic heterocycles. The van der Waals surface area contributed by atoms with Gasteiger partial charge in [0, 0.05) is 17.7 Å². The van der Waals surface area contributed by atoms with E-state index in [2.05, 4.69) is 9.97 Å². The molecule has 0 saturated heterocycles. The Bertz CT molecular complexity index is 836. The third-order valence-electron chi connectivity index (χ3n) is 2.59. The first-order chi connectivity index (χ1) is 9.88. The first-order valence-corrected chi connectivity index (χ1v) is 5.61. The molecule has 0 fully saturated rings. The predicted molar refractivity (Wildman–Crippen MR) is 69.1 cm³/mol. The van der Waals surface area contributed by atoms with E-state index in [0.717, 1.165) is 12.1 Å². The normalized spacial score (nSPS) is 10.7. The number of benzene rings is 1. The van der Waals surface area contributed by atoms with Crippen molar-refractivity contribution in [2.24, 2.45) is 0 Å². The zero-order chi connectivity index (χ0) is 15.6. The number of nitro benzene ring substituents is 1. The number of ether oxygens (including phenoxy) is 1. The molecule has 10 heteroatoms. The minimum atomic E-state index is -1.20. The van der Waals surface area contributed by atoms with Gasteiger partial charge in [0.2, 0.25) is 0 Å². The molecule has 10 nitrogen and oxygen atoms in total. The van der Waals surface area contributed by atoms with Crippen LogP contribution in [0.4, 0.5) is 5.69 Å². The van der Waals surface area contributed by atoms with E-state index in [0.29, 0.717) is 0 Å². The number of hydrogen-bond donors (Lipinski definition) is 3. The molecule has 21 heavy (non-hydrogen) atoms. The van der Waals surface area contributed by atoms with Crippen LogP contribution >= 0.6 is 0 Å². The molecule has 110 valence electrons.